The summed E-state index contributed by atoms with van der Waals surface area (Å²) < 4.78 is 0.927. The average molecular weight is 358 g/mol. The van der Waals surface area contributed by atoms with Crippen LogP contribution in [0.15, 0.2) is 48.5 Å². The van der Waals surface area contributed by atoms with Gasteiger partial charge in [-0.05, 0) is 59.0 Å². The number of amides is 1. The Balaban J connectivity index is 2.17. The first-order valence-electron chi connectivity index (χ1n) is 4.98. The second-order valence-corrected chi connectivity index (χ2v) is 5.04. The molecule has 0 saturated carbocycles. The number of hydrogen-bond acceptors (Lipinski definition) is 1. The predicted molar refractivity (Wildman–Crippen MR) is 78.6 cm³/mol. The summed E-state index contributed by atoms with van der Waals surface area (Å²) in [6, 6.07) is 14.5. The Bertz CT molecular complexity index is 539. The van der Waals surface area contributed by atoms with E-state index in [4.69, 9.17) is 11.6 Å². The smallest absolute Gasteiger partial charge is 0.256 e. The maximum atomic E-state index is 12.0. The highest BCUT2D eigenvalue weighted by molar-refractivity contribution is 14.1. The number of carbonyl (C=O) groups excluding carboxylic acids is 1. The van der Waals surface area contributed by atoms with Crippen LogP contribution in [0.2, 0.25) is 5.02 Å². The second-order valence-electron chi connectivity index (χ2n) is 3.44. The molecule has 0 aromatic heterocycles. The molecule has 0 bridgehead atoms. The zero-order chi connectivity index (χ0) is 12.3. The van der Waals surface area contributed by atoms with E-state index in [1.165, 1.54) is 0 Å². The normalized spacial score (nSPS) is 10.0. The molecule has 0 atom stereocenters. The molecule has 0 unspecified atom stereocenters. The van der Waals surface area contributed by atoms with Crippen molar-refractivity contribution in [1.82, 2.24) is 0 Å². The third-order valence-corrected chi connectivity index (χ3v) is 3.41. The zero-order valence-electron chi connectivity index (χ0n) is 8.78. The van der Waals surface area contributed by atoms with Gasteiger partial charge in [-0.15, -0.1) is 0 Å². The van der Waals surface area contributed by atoms with Crippen molar-refractivity contribution in [2.24, 2.45) is 0 Å². The molecule has 0 fully saturated rings. The fraction of sp³-hybridized carbons (Fsp3) is 0. The summed E-state index contributed by atoms with van der Waals surface area (Å²) in [7, 11) is 0. The van der Waals surface area contributed by atoms with Gasteiger partial charge in [0.2, 0.25) is 0 Å². The third-order valence-electron chi connectivity index (χ3n) is 2.22. The number of carbonyl (C=O) groups is 1. The van der Waals surface area contributed by atoms with Crippen molar-refractivity contribution in [3.63, 3.8) is 0 Å². The molecule has 0 spiro atoms. The van der Waals surface area contributed by atoms with E-state index in [-0.39, 0.29) is 5.91 Å². The van der Waals surface area contributed by atoms with Crippen LogP contribution in [0.1, 0.15) is 10.4 Å². The monoisotopic (exact) mass is 357 g/mol. The van der Waals surface area contributed by atoms with Crippen LogP contribution in [0.4, 0.5) is 5.69 Å². The summed E-state index contributed by atoms with van der Waals surface area (Å²) in [6.07, 6.45) is 0. The summed E-state index contributed by atoms with van der Waals surface area (Å²) in [4.78, 5) is 12.0. The minimum absolute atomic E-state index is 0.114. The maximum absolute atomic E-state index is 12.0. The van der Waals surface area contributed by atoms with Gasteiger partial charge in [0.05, 0.1) is 5.56 Å². The summed E-state index contributed by atoms with van der Waals surface area (Å²) in [5, 5.41) is 3.47. The highest BCUT2D eigenvalue weighted by Crippen LogP contribution is 2.16. The molecular weight excluding hydrogens is 349 g/mol. The van der Waals surface area contributed by atoms with Crippen LogP contribution in [0.5, 0.6) is 0 Å². The summed E-state index contributed by atoms with van der Waals surface area (Å²) in [5.74, 6) is -0.114. The lowest BCUT2D eigenvalue weighted by Crippen LogP contribution is -2.13. The molecule has 2 nitrogen and oxygen atoms in total. The molecule has 1 N–H and O–H groups in total. The Morgan fingerprint density at radius 3 is 2.35 bits per heavy atom. The molecule has 2 aromatic rings. The Kier molecular flexibility index (Phi) is 4.02. The summed E-state index contributed by atoms with van der Waals surface area (Å²) in [5.41, 5.74) is 1.40. The molecule has 0 heterocycles. The summed E-state index contributed by atoms with van der Waals surface area (Å²) in [6.45, 7) is 0. The Labute approximate surface area is 118 Å². The molecule has 0 aliphatic heterocycles. The van der Waals surface area contributed by atoms with Gasteiger partial charge in [-0.3, -0.25) is 4.79 Å². The Hall–Kier alpha value is -1.07. The standard InChI is InChI=1S/C13H9ClINO/c14-9-5-7-10(8-6-9)16-13(17)11-3-1-2-4-12(11)15/h1-8H,(H,16,17). The number of nitrogens with one attached hydrogen (secondary N) is 1. The highest BCUT2D eigenvalue weighted by atomic mass is 127. The van der Waals surface area contributed by atoms with Gasteiger partial charge < -0.3 is 5.32 Å². The fourth-order valence-electron chi connectivity index (χ4n) is 1.38. The van der Waals surface area contributed by atoms with Gasteiger partial charge in [-0.2, -0.15) is 0 Å². The van der Waals surface area contributed by atoms with E-state index in [1.807, 2.05) is 18.2 Å². The van der Waals surface area contributed by atoms with Gasteiger partial charge in [-0.25, -0.2) is 0 Å². The number of hydrogen-bond donors (Lipinski definition) is 1. The number of anilines is 1. The molecule has 0 aliphatic rings. The van der Waals surface area contributed by atoms with Crippen LogP contribution >= 0.6 is 34.2 Å². The minimum Gasteiger partial charge on any atom is -0.322 e. The summed E-state index contributed by atoms with van der Waals surface area (Å²) >= 11 is 7.92. The van der Waals surface area contributed by atoms with Gasteiger partial charge in [0, 0.05) is 14.3 Å². The lowest BCUT2D eigenvalue weighted by atomic mass is 10.2. The van der Waals surface area contributed by atoms with Crippen molar-refractivity contribution in [2.45, 2.75) is 0 Å². The van der Waals surface area contributed by atoms with Crippen LogP contribution in [0, 0.1) is 3.57 Å². The van der Waals surface area contributed by atoms with Crippen LogP contribution in [-0.2, 0) is 0 Å². The predicted octanol–water partition coefficient (Wildman–Crippen LogP) is 4.20. The molecular formula is C13H9ClINO. The lowest BCUT2D eigenvalue weighted by Gasteiger charge is -2.06. The molecule has 17 heavy (non-hydrogen) atoms. The minimum atomic E-state index is -0.114. The number of benzene rings is 2. The van der Waals surface area contributed by atoms with Gasteiger partial charge >= 0.3 is 0 Å². The van der Waals surface area contributed by atoms with Crippen molar-refractivity contribution in [1.29, 1.82) is 0 Å². The molecule has 4 heteroatoms. The maximum Gasteiger partial charge on any atom is 0.256 e. The van der Waals surface area contributed by atoms with Gasteiger partial charge in [-0.1, -0.05) is 23.7 Å². The highest BCUT2D eigenvalue weighted by Gasteiger charge is 2.08. The van der Waals surface area contributed by atoms with E-state index in [0.717, 1.165) is 9.26 Å². The first-order chi connectivity index (χ1) is 8.16. The molecule has 86 valence electrons. The molecule has 2 rings (SSSR count). The van der Waals surface area contributed by atoms with Gasteiger partial charge in [0.25, 0.3) is 5.91 Å². The van der Waals surface area contributed by atoms with Crippen molar-refractivity contribution in [3.8, 4) is 0 Å². The second kappa shape index (κ2) is 5.51. The molecule has 0 radical (unpaired) electrons. The Morgan fingerprint density at radius 2 is 1.71 bits per heavy atom. The van der Waals surface area contributed by atoms with E-state index in [0.29, 0.717) is 10.6 Å². The van der Waals surface area contributed by atoms with Crippen molar-refractivity contribution >= 4 is 45.8 Å². The van der Waals surface area contributed by atoms with E-state index < -0.39 is 0 Å². The van der Waals surface area contributed by atoms with Crippen LogP contribution in [0.3, 0.4) is 0 Å². The number of rotatable bonds is 2. The molecule has 2 aromatic carbocycles. The van der Waals surface area contributed by atoms with Crippen molar-refractivity contribution in [2.75, 3.05) is 5.32 Å². The van der Waals surface area contributed by atoms with Crippen molar-refractivity contribution in [3.05, 3.63) is 62.7 Å². The Morgan fingerprint density at radius 1 is 1.06 bits per heavy atom. The average Bonchev–Trinajstić information content (AvgIpc) is 2.32. The van der Waals surface area contributed by atoms with Gasteiger partial charge in [0.15, 0.2) is 0 Å². The topological polar surface area (TPSA) is 29.1 Å². The van der Waals surface area contributed by atoms with Crippen LogP contribution in [0.25, 0.3) is 0 Å². The van der Waals surface area contributed by atoms with E-state index >= 15 is 0 Å². The molecule has 0 aliphatic carbocycles. The zero-order valence-corrected chi connectivity index (χ0v) is 11.7. The number of halogens is 2. The molecule has 0 saturated heterocycles. The van der Waals surface area contributed by atoms with Gasteiger partial charge in [0.1, 0.15) is 0 Å². The largest absolute Gasteiger partial charge is 0.322 e. The van der Waals surface area contributed by atoms with Crippen LogP contribution < -0.4 is 5.32 Å². The van der Waals surface area contributed by atoms with E-state index in [2.05, 4.69) is 27.9 Å². The fourth-order valence-corrected chi connectivity index (χ4v) is 2.14. The van der Waals surface area contributed by atoms with E-state index in [1.54, 1.807) is 30.3 Å². The quantitative estimate of drug-likeness (QED) is 0.802. The lowest BCUT2D eigenvalue weighted by molar-refractivity contribution is 0.102. The van der Waals surface area contributed by atoms with E-state index in [9.17, 15) is 4.79 Å². The first-order valence-corrected chi connectivity index (χ1v) is 6.44. The molecule has 1 amide bonds. The first kappa shape index (κ1) is 12.4. The SMILES string of the molecule is O=C(Nc1ccc(Cl)cc1)c1ccccc1I. The van der Waals surface area contributed by atoms with Crippen LogP contribution in [-0.4, -0.2) is 5.91 Å². The third kappa shape index (κ3) is 3.20. The van der Waals surface area contributed by atoms with Crippen molar-refractivity contribution < 1.29 is 4.79 Å².